The Morgan fingerprint density at radius 2 is 1.66 bits per heavy atom. The lowest BCUT2D eigenvalue weighted by atomic mass is 9.86. The van der Waals surface area contributed by atoms with Crippen LogP contribution in [0.3, 0.4) is 0 Å². The van der Waals surface area contributed by atoms with Crippen LogP contribution in [0, 0.1) is 13.8 Å². The summed E-state index contributed by atoms with van der Waals surface area (Å²) in [6.07, 6.45) is 0.286. The third-order valence-corrected chi connectivity index (χ3v) is 6.73. The van der Waals surface area contributed by atoms with Gasteiger partial charge in [-0.05, 0) is 78.6 Å². The summed E-state index contributed by atoms with van der Waals surface area (Å²) in [5, 5.41) is 11.9. The molecule has 7 nitrogen and oxygen atoms in total. The maximum Gasteiger partial charge on any atom is 0.342 e. The molecule has 1 unspecified atom stereocenters. The van der Waals surface area contributed by atoms with Gasteiger partial charge in [-0.1, -0.05) is 12.1 Å². The summed E-state index contributed by atoms with van der Waals surface area (Å²) in [4.78, 5) is 13.3. The van der Waals surface area contributed by atoms with E-state index in [0.717, 1.165) is 22.4 Å². The van der Waals surface area contributed by atoms with E-state index in [9.17, 15) is 9.90 Å². The molecule has 0 aromatic heterocycles. The first-order chi connectivity index (χ1) is 16.9. The molecule has 1 atom stereocenters. The molecule has 0 saturated heterocycles. The molecule has 5 rings (SSSR count). The van der Waals surface area contributed by atoms with Crippen LogP contribution in [-0.4, -0.2) is 32.1 Å². The van der Waals surface area contributed by atoms with Crippen molar-refractivity contribution in [2.45, 2.75) is 26.1 Å². The minimum absolute atomic E-state index is 0.120. The van der Waals surface area contributed by atoms with E-state index in [0.29, 0.717) is 39.5 Å². The standard InChI is InChI=1S/C28H26O7/c1-16-17(2)23(32-4)11-5-18(16)13-22-26(19-6-12-24-25(14-19)34-15-33-24)27(29)35-28(22,30)20-7-9-21(31-3)10-8-20/h5-12,14,30H,13,15H2,1-4H3. The average molecular weight is 475 g/mol. The van der Waals surface area contributed by atoms with Gasteiger partial charge >= 0.3 is 5.97 Å². The highest BCUT2D eigenvalue weighted by Gasteiger charge is 2.48. The summed E-state index contributed by atoms with van der Waals surface area (Å²) in [6.45, 7) is 4.10. The number of methoxy groups -OCH3 is 2. The van der Waals surface area contributed by atoms with Gasteiger partial charge in [0.05, 0.1) is 19.8 Å². The van der Waals surface area contributed by atoms with E-state index in [2.05, 4.69) is 0 Å². The lowest BCUT2D eigenvalue weighted by Crippen LogP contribution is -2.29. The van der Waals surface area contributed by atoms with Gasteiger partial charge in [-0.3, -0.25) is 0 Å². The lowest BCUT2D eigenvalue weighted by molar-refractivity contribution is -0.185. The molecule has 35 heavy (non-hydrogen) atoms. The van der Waals surface area contributed by atoms with Gasteiger partial charge in [0.25, 0.3) is 5.79 Å². The van der Waals surface area contributed by atoms with Crippen LogP contribution in [0.15, 0.2) is 60.2 Å². The molecule has 2 heterocycles. The van der Waals surface area contributed by atoms with Gasteiger partial charge in [0.15, 0.2) is 11.5 Å². The van der Waals surface area contributed by atoms with Crippen molar-refractivity contribution in [3.63, 3.8) is 0 Å². The molecule has 0 aliphatic carbocycles. The van der Waals surface area contributed by atoms with Crippen molar-refractivity contribution < 1.29 is 33.6 Å². The van der Waals surface area contributed by atoms with Crippen molar-refractivity contribution in [3.05, 3.63) is 88.0 Å². The molecule has 3 aromatic rings. The summed E-state index contributed by atoms with van der Waals surface area (Å²) in [5.41, 5.74) is 4.71. The van der Waals surface area contributed by atoms with Crippen molar-refractivity contribution >= 4 is 11.5 Å². The third kappa shape index (κ3) is 3.78. The number of fused-ring (bicyclic) bond motifs is 1. The van der Waals surface area contributed by atoms with Crippen LogP contribution < -0.4 is 18.9 Å². The van der Waals surface area contributed by atoms with Gasteiger partial charge in [0.2, 0.25) is 6.79 Å². The monoisotopic (exact) mass is 474 g/mol. The summed E-state index contributed by atoms with van der Waals surface area (Å²) in [7, 11) is 3.20. The highest BCUT2D eigenvalue weighted by molar-refractivity contribution is 6.20. The number of carbonyl (C=O) groups excluding carboxylic acids is 1. The van der Waals surface area contributed by atoms with E-state index in [1.165, 1.54) is 0 Å². The Morgan fingerprint density at radius 3 is 2.37 bits per heavy atom. The largest absolute Gasteiger partial charge is 0.497 e. The summed E-state index contributed by atoms with van der Waals surface area (Å²) >= 11 is 0. The minimum atomic E-state index is -1.95. The SMILES string of the molecule is COc1ccc(C2(O)OC(=O)C(c3ccc4c(c3)OCO4)=C2Cc2ccc(OC)c(C)c2C)cc1. The quantitative estimate of drug-likeness (QED) is 0.529. The van der Waals surface area contributed by atoms with E-state index in [1.807, 2.05) is 26.0 Å². The number of benzene rings is 3. The van der Waals surface area contributed by atoms with Crippen LogP contribution >= 0.6 is 0 Å². The number of hydrogen-bond donors (Lipinski definition) is 1. The van der Waals surface area contributed by atoms with E-state index in [4.69, 9.17) is 23.7 Å². The molecular weight excluding hydrogens is 448 g/mol. The average Bonchev–Trinajstić information content (AvgIpc) is 3.43. The Morgan fingerprint density at radius 1 is 0.914 bits per heavy atom. The molecule has 0 radical (unpaired) electrons. The zero-order valence-electron chi connectivity index (χ0n) is 20.0. The number of rotatable bonds is 6. The first-order valence-electron chi connectivity index (χ1n) is 11.2. The van der Waals surface area contributed by atoms with Gasteiger partial charge < -0.3 is 28.8 Å². The normalized spacial score (nSPS) is 18.6. The van der Waals surface area contributed by atoms with Crippen LogP contribution in [0.4, 0.5) is 0 Å². The summed E-state index contributed by atoms with van der Waals surface area (Å²) in [6, 6.07) is 15.9. The second-order valence-corrected chi connectivity index (χ2v) is 8.54. The number of ether oxygens (including phenoxy) is 5. The fraction of sp³-hybridized carbons (Fsp3) is 0.250. The highest BCUT2D eigenvalue weighted by Crippen LogP contribution is 2.47. The fourth-order valence-electron chi connectivity index (χ4n) is 4.60. The minimum Gasteiger partial charge on any atom is -0.497 e. The zero-order valence-corrected chi connectivity index (χ0v) is 20.0. The zero-order chi connectivity index (χ0) is 24.7. The van der Waals surface area contributed by atoms with Gasteiger partial charge in [0.1, 0.15) is 11.5 Å². The Labute approximate surface area is 203 Å². The molecule has 3 aromatic carbocycles. The predicted molar refractivity (Wildman–Crippen MR) is 129 cm³/mol. The number of cyclic esters (lactones) is 1. The first-order valence-corrected chi connectivity index (χ1v) is 11.2. The van der Waals surface area contributed by atoms with Gasteiger partial charge in [-0.15, -0.1) is 0 Å². The van der Waals surface area contributed by atoms with Gasteiger partial charge in [-0.2, -0.15) is 0 Å². The van der Waals surface area contributed by atoms with Crippen LogP contribution in [0.1, 0.15) is 27.8 Å². The number of hydrogen-bond acceptors (Lipinski definition) is 7. The van der Waals surface area contributed by atoms with Crippen molar-refractivity contribution in [3.8, 4) is 23.0 Å². The summed E-state index contributed by atoms with van der Waals surface area (Å²) < 4.78 is 27.4. The lowest BCUT2D eigenvalue weighted by Gasteiger charge is -2.26. The fourth-order valence-corrected chi connectivity index (χ4v) is 4.60. The predicted octanol–water partition coefficient (Wildman–Crippen LogP) is 4.45. The molecule has 7 heteroatoms. The van der Waals surface area contributed by atoms with Gasteiger partial charge in [0, 0.05) is 17.6 Å². The van der Waals surface area contributed by atoms with Crippen molar-refractivity contribution in [2.24, 2.45) is 0 Å². The molecule has 2 aliphatic heterocycles. The molecule has 0 amide bonds. The van der Waals surface area contributed by atoms with Gasteiger partial charge in [-0.25, -0.2) is 4.79 Å². The molecule has 0 spiro atoms. The Hall–Kier alpha value is -3.97. The van der Waals surface area contributed by atoms with Crippen molar-refractivity contribution in [1.29, 1.82) is 0 Å². The van der Waals surface area contributed by atoms with E-state index >= 15 is 0 Å². The molecule has 0 fully saturated rings. The Bertz CT molecular complexity index is 1340. The first kappa shape index (κ1) is 22.8. The van der Waals surface area contributed by atoms with E-state index in [-0.39, 0.29) is 13.2 Å². The molecule has 1 N–H and O–H groups in total. The highest BCUT2D eigenvalue weighted by atomic mass is 16.7. The van der Waals surface area contributed by atoms with Crippen molar-refractivity contribution in [2.75, 3.05) is 21.0 Å². The summed E-state index contributed by atoms with van der Waals surface area (Å²) in [5.74, 6) is -0.00640. The molecule has 2 aliphatic rings. The number of aliphatic hydroxyl groups is 1. The maximum absolute atomic E-state index is 13.3. The van der Waals surface area contributed by atoms with Crippen molar-refractivity contribution in [1.82, 2.24) is 0 Å². The topological polar surface area (TPSA) is 83.5 Å². The second kappa shape index (κ2) is 8.67. The maximum atomic E-state index is 13.3. The van der Waals surface area contributed by atoms with Crippen LogP contribution in [-0.2, 0) is 21.7 Å². The van der Waals surface area contributed by atoms with E-state index in [1.54, 1.807) is 56.7 Å². The molecule has 0 bridgehead atoms. The number of carbonyl (C=O) groups is 1. The third-order valence-electron chi connectivity index (χ3n) is 6.73. The molecule has 0 saturated carbocycles. The van der Waals surface area contributed by atoms with E-state index < -0.39 is 11.8 Å². The molecular formula is C28H26O7. The van der Waals surface area contributed by atoms with Crippen LogP contribution in [0.5, 0.6) is 23.0 Å². The Balaban J connectivity index is 1.68. The Kier molecular flexibility index (Phi) is 5.65. The number of esters is 1. The van der Waals surface area contributed by atoms with Crippen LogP contribution in [0.2, 0.25) is 0 Å². The molecule has 180 valence electrons. The van der Waals surface area contributed by atoms with Crippen LogP contribution in [0.25, 0.3) is 5.57 Å². The smallest absolute Gasteiger partial charge is 0.342 e. The second-order valence-electron chi connectivity index (χ2n) is 8.54.